The van der Waals surface area contributed by atoms with Crippen LogP contribution < -0.4 is 15.4 Å². The van der Waals surface area contributed by atoms with Gasteiger partial charge in [0.25, 0.3) is 0 Å². The Morgan fingerprint density at radius 2 is 2.30 bits per heavy atom. The van der Waals surface area contributed by atoms with Gasteiger partial charge in [-0.2, -0.15) is 0 Å². The number of nitro benzene ring substituents is 1. The van der Waals surface area contributed by atoms with Gasteiger partial charge in [0.1, 0.15) is 0 Å². The summed E-state index contributed by atoms with van der Waals surface area (Å²) in [5.74, 6) is 0.331. The third-order valence-electron chi connectivity index (χ3n) is 3.69. The first-order valence-electron chi connectivity index (χ1n) is 6.96. The van der Waals surface area contributed by atoms with Crippen molar-refractivity contribution in [3.05, 3.63) is 28.3 Å². The van der Waals surface area contributed by atoms with Gasteiger partial charge in [0.15, 0.2) is 5.75 Å². The van der Waals surface area contributed by atoms with Crippen LogP contribution >= 0.6 is 0 Å². The molecule has 1 aliphatic rings. The van der Waals surface area contributed by atoms with Crippen LogP contribution in [0.4, 0.5) is 11.4 Å². The van der Waals surface area contributed by atoms with Crippen molar-refractivity contribution in [2.24, 2.45) is 5.73 Å². The maximum atomic E-state index is 11.0. The summed E-state index contributed by atoms with van der Waals surface area (Å²) in [5.41, 5.74) is 6.93. The highest BCUT2D eigenvalue weighted by molar-refractivity contribution is 5.60. The molecule has 1 aromatic carbocycles. The first kappa shape index (κ1) is 14.6. The van der Waals surface area contributed by atoms with Crippen molar-refractivity contribution in [3.8, 4) is 5.75 Å². The highest BCUT2D eigenvalue weighted by atomic mass is 16.6. The van der Waals surface area contributed by atoms with Crippen molar-refractivity contribution in [1.82, 2.24) is 0 Å². The normalized spacial score (nSPS) is 22.6. The van der Waals surface area contributed by atoms with Crippen molar-refractivity contribution < 1.29 is 9.66 Å². The van der Waals surface area contributed by atoms with E-state index in [1.807, 2.05) is 6.92 Å². The standard InChI is InChI=1S/C14H21N3O3/c1-3-20-14-9-12(4-5-13(14)17(18)19)16-7-6-11(15)8-10(16)2/h4-5,9-11H,3,6-8,15H2,1-2H3. The zero-order valence-electron chi connectivity index (χ0n) is 11.9. The molecule has 0 aliphatic carbocycles. The fourth-order valence-electron chi connectivity index (χ4n) is 2.70. The predicted molar refractivity (Wildman–Crippen MR) is 78.3 cm³/mol. The Morgan fingerprint density at radius 1 is 1.55 bits per heavy atom. The van der Waals surface area contributed by atoms with E-state index in [0.29, 0.717) is 18.4 Å². The largest absolute Gasteiger partial charge is 0.487 e. The molecule has 6 nitrogen and oxygen atoms in total. The highest BCUT2D eigenvalue weighted by Gasteiger charge is 2.25. The molecule has 0 spiro atoms. The Labute approximate surface area is 118 Å². The number of ether oxygens (including phenoxy) is 1. The van der Waals surface area contributed by atoms with Crippen LogP contribution in [-0.4, -0.2) is 30.2 Å². The lowest BCUT2D eigenvalue weighted by Crippen LogP contribution is -2.45. The molecule has 1 heterocycles. The van der Waals surface area contributed by atoms with E-state index in [1.54, 1.807) is 12.1 Å². The molecule has 20 heavy (non-hydrogen) atoms. The molecule has 1 aromatic rings. The fourth-order valence-corrected chi connectivity index (χ4v) is 2.70. The molecule has 2 rings (SSSR count). The summed E-state index contributed by atoms with van der Waals surface area (Å²) in [6.45, 7) is 5.22. The van der Waals surface area contributed by atoms with E-state index in [-0.39, 0.29) is 11.7 Å². The molecule has 1 aliphatic heterocycles. The van der Waals surface area contributed by atoms with Crippen LogP contribution in [0, 0.1) is 10.1 Å². The van der Waals surface area contributed by atoms with Crippen LogP contribution in [0.3, 0.4) is 0 Å². The lowest BCUT2D eigenvalue weighted by molar-refractivity contribution is -0.385. The molecule has 2 N–H and O–H groups in total. The molecule has 0 saturated carbocycles. The van der Waals surface area contributed by atoms with Gasteiger partial charge >= 0.3 is 5.69 Å². The van der Waals surface area contributed by atoms with Gasteiger partial charge in [-0.3, -0.25) is 10.1 Å². The first-order chi connectivity index (χ1) is 9.52. The Morgan fingerprint density at radius 3 is 2.90 bits per heavy atom. The fraction of sp³-hybridized carbons (Fsp3) is 0.571. The van der Waals surface area contributed by atoms with Crippen molar-refractivity contribution in [2.45, 2.75) is 38.8 Å². The second-order valence-corrected chi connectivity index (χ2v) is 5.17. The molecule has 110 valence electrons. The number of anilines is 1. The summed E-state index contributed by atoms with van der Waals surface area (Å²) in [7, 11) is 0. The minimum atomic E-state index is -0.412. The van der Waals surface area contributed by atoms with E-state index in [9.17, 15) is 10.1 Å². The topological polar surface area (TPSA) is 81.6 Å². The van der Waals surface area contributed by atoms with Gasteiger partial charge in [-0.05, 0) is 32.8 Å². The first-order valence-corrected chi connectivity index (χ1v) is 6.96. The summed E-state index contributed by atoms with van der Waals surface area (Å²) >= 11 is 0. The number of benzene rings is 1. The second-order valence-electron chi connectivity index (χ2n) is 5.17. The van der Waals surface area contributed by atoms with Gasteiger partial charge in [0.2, 0.25) is 0 Å². The van der Waals surface area contributed by atoms with Crippen LogP contribution in [0.25, 0.3) is 0 Å². The highest BCUT2D eigenvalue weighted by Crippen LogP contribution is 2.34. The van der Waals surface area contributed by atoms with Crippen molar-refractivity contribution in [1.29, 1.82) is 0 Å². The molecular formula is C14H21N3O3. The van der Waals surface area contributed by atoms with Crippen LogP contribution in [0.1, 0.15) is 26.7 Å². The molecule has 0 aromatic heterocycles. The Hall–Kier alpha value is -1.82. The van der Waals surface area contributed by atoms with Gasteiger partial charge in [-0.15, -0.1) is 0 Å². The van der Waals surface area contributed by atoms with E-state index >= 15 is 0 Å². The third kappa shape index (κ3) is 3.01. The van der Waals surface area contributed by atoms with Crippen molar-refractivity contribution >= 4 is 11.4 Å². The van der Waals surface area contributed by atoms with Gasteiger partial charge in [-0.1, -0.05) is 0 Å². The number of hydrogen-bond donors (Lipinski definition) is 1. The van der Waals surface area contributed by atoms with Crippen LogP contribution in [-0.2, 0) is 0 Å². The molecular weight excluding hydrogens is 258 g/mol. The summed E-state index contributed by atoms with van der Waals surface area (Å²) in [6.07, 6.45) is 1.87. The maximum absolute atomic E-state index is 11.0. The number of nitro groups is 1. The second kappa shape index (κ2) is 6.09. The number of hydrogen-bond acceptors (Lipinski definition) is 5. The predicted octanol–water partition coefficient (Wildman–Crippen LogP) is 2.31. The molecule has 0 radical (unpaired) electrons. The number of piperidine rings is 1. The van der Waals surface area contributed by atoms with Gasteiger partial charge in [-0.25, -0.2) is 0 Å². The molecule has 6 heteroatoms. The number of nitrogens with two attached hydrogens (primary N) is 1. The SMILES string of the molecule is CCOc1cc(N2CCC(N)CC2C)ccc1[N+](=O)[O-]. The van der Waals surface area contributed by atoms with Gasteiger partial charge < -0.3 is 15.4 Å². The molecule has 1 fully saturated rings. The average Bonchev–Trinajstić information content (AvgIpc) is 2.38. The lowest BCUT2D eigenvalue weighted by Gasteiger charge is -2.38. The van der Waals surface area contributed by atoms with Crippen molar-refractivity contribution in [2.75, 3.05) is 18.1 Å². The molecule has 2 atom stereocenters. The Kier molecular flexibility index (Phi) is 4.44. The zero-order valence-corrected chi connectivity index (χ0v) is 11.9. The van der Waals surface area contributed by atoms with Crippen molar-refractivity contribution in [3.63, 3.8) is 0 Å². The molecule has 2 unspecified atom stereocenters. The van der Waals surface area contributed by atoms with Crippen LogP contribution in [0.5, 0.6) is 5.75 Å². The van der Waals surface area contributed by atoms with Gasteiger partial charge in [0, 0.05) is 36.4 Å². The zero-order chi connectivity index (χ0) is 14.7. The minimum Gasteiger partial charge on any atom is -0.487 e. The molecule has 0 bridgehead atoms. The third-order valence-corrected chi connectivity index (χ3v) is 3.69. The molecule has 0 amide bonds. The smallest absolute Gasteiger partial charge is 0.311 e. The quantitative estimate of drug-likeness (QED) is 0.675. The monoisotopic (exact) mass is 279 g/mol. The number of nitrogens with zero attached hydrogens (tertiary/aromatic N) is 2. The van der Waals surface area contributed by atoms with E-state index in [1.165, 1.54) is 6.07 Å². The lowest BCUT2D eigenvalue weighted by atomic mass is 9.98. The summed E-state index contributed by atoms with van der Waals surface area (Å²) in [5, 5.41) is 11.0. The Bertz CT molecular complexity index is 493. The summed E-state index contributed by atoms with van der Waals surface area (Å²) in [6, 6.07) is 5.63. The summed E-state index contributed by atoms with van der Waals surface area (Å²) in [4.78, 5) is 12.8. The van der Waals surface area contributed by atoms with Crippen LogP contribution in [0.2, 0.25) is 0 Å². The molecule has 1 saturated heterocycles. The maximum Gasteiger partial charge on any atom is 0.311 e. The van der Waals surface area contributed by atoms with Crippen LogP contribution in [0.15, 0.2) is 18.2 Å². The minimum absolute atomic E-state index is 0.0111. The van der Waals surface area contributed by atoms with E-state index in [4.69, 9.17) is 10.5 Å². The van der Waals surface area contributed by atoms with E-state index in [2.05, 4.69) is 11.8 Å². The van der Waals surface area contributed by atoms with E-state index in [0.717, 1.165) is 25.1 Å². The number of rotatable bonds is 4. The summed E-state index contributed by atoms with van der Waals surface area (Å²) < 4.78 is 5.39. The van der Waals surface area contributed by atoms with E-state index < -0.39 is 4.92 Å². The van der Waals surface area contributed by atoms with Gasteiger partial charge in [0.05, 0.1) is 11.5 Å². The average molecular weight is 279 g/mol. The Balaban J connectivity index is 2.28.